The SMILES string of the molecule is O=[N+]([O-])c1cnn(C(c2ccccc2)C2C3SCCN32)c1. The van der Waals surface area contributed by atoms with Gasteiger partial charge >= 0.3 is 5.69 Å². The van der Waals surface area contributed by atoms with Crippen molar-refractivity contribution >= 4 is 17.4 Å². The first-order valence-electron chi connectivity index (χ1n) is 6.86. The van der Waals surface area contributed by atoms with Crippen molar-refractivity contribution in [2.24, 2.45) is 0 Å². The fourth-order valence-corrected chi connectivity index (χ4v) is 4.52. The van der Waals surface area contributed by atoms with Crippen molar-refractivity contribution in [1.82, 2.24) is 14.7 Å². The number of nitro groups is 1. The Kier molecular flexibility index (Phi) is 2.97. The van der Waals surface area contributed by atoms with E-state index in [4.69, 9.17) is 0 Å². The molecule has 0 aliphatic carbocycles. The quantitative estimate of drug-likeness (QED) is 0.492. The van der Waals surface area contributed by atoms with E-state index in [9.17, 15) is 10.1 Å². The first-order valence-corrected chi connectivity index (χ1v) is 7.91. The van der Waals surface area contributed by atoms with Gasteiger partial charge < -0.3 is 0 Å². The molecule has 4 unspecified atom stereocenters. The van der Waals surface area contributed by atoms with Crippen LogP contribution in [0.5, 0.6) is 0 Å². The zero-order valence-corrected chi connectivity index (χ0v) is 12.0. The molecule has 1 aromatic carbocycles. The highest BCUT2D eigenvalue weighted by molar-refractivity contribution is 8.00. The smallest absolute Gasteiger partial charge is 0.281 e. The summed E-state index contributed by atoms with van der Waals surface area (Å²) in [7, 11) is 0. The van der Waals surface area contributed by atoms with Crippen LogP contribution in [0.4, 0.5) is 5.69 Å². The third-order valence-corrected chi connectivity index (χ3v) is 5.41. The number of rotatable bonds is 4. The molecule has 2 aliphatic rings. The average molecular weight is 302 g/mol. The van der Waals surface area contributed by atoms with Gasteiger partial charge in [-0.2, -0.15) is 5.10 Å². The molecule has 0 amide bonds. The van der Waals surface area contributed by atoms with Gasteiger partial charge in [0.15, 0.2) is 0 Å². The first kappa shape index (κ1) is 12.8. The van der Waals surface area contributed by atoms with Gasteiger partial charge in [-0.1, -0.05) is 30.3 Å². The molecule has 0 bridgehead atoms. The van der Waals surface area contributed by atoms with Crippen molar-refractivity contribution in [3.63, 3.8) is 0 Å². The van der Waals surface area contributed by atoms with Crippen molar-refractivity contribution in [2.45, 2.75) is 17.5 Å². The van der Waals surface area contributed by atoms with E-state index >= 15 is 0 Å². The lowest BCUT2D eigenvalue weighted by Crippen LogP contribution is -2.22. The monoisotopic (exact) mass is 302 g/mol. The average Bonchev–Trinajstić information content (AvgIpc) is 2.91. The second kappa shape index (κ2) is 4.85. The Morgan fingerprint density at radius 3 is 2.81 bits per heavy atom. The maximum Gasteiger partial charge on any atom is 0.307 e. The van der Waals surface area contributed by atoms with E-state index in [-0.39, 0.29) is 11.7 Å². The summed E-state index contributed by atoms with van der Waals surface area (Å²) in [5, 5.41) is 15.7. The number of hydrogen-bond acceptors (Lipinski definition) is 5. The van der Waals surface area contributed by atoms with Gasteiger partial charge in [0.05, 0.1) is 22.4 Å². The number of hydrogen-bond donors (Lipinski definition) is 0. The standard InChI is InChI=1S/C14H14N4O2S/c19-18(20)11-8-15-17(9-11)12(10-4-2-1-3-5-10)13-14-16(13)6-7-21-14/h1-5,8-9,12-14H,6-7H2. The molecule has 2 aliphatic heterocycles. The number of fused-ring (bicyclic) bond motifs is 1. The van der Waals surface area contributed by atoms with Crippen molar-refractivity contribution in [2.75, 3.05) is 12.3 Å². The Bertz CT molecular complexity index is 665. The summed E-state index contributed by atoms with van der Waals surface area (Å²) in [6, 6.07) is 10.5. The summed E-state index contributed by atoms with van der Waals surface area (Å²) >= 11 is 1.96. The molecule has 0 radical (unpaired) electrons. The molecule has 0 spiro atoms. The van der Waals surface area contributed by atoms with Gasteiger partial charge in [0, 0.05) is 12.3 Å². The fourth-order valence-electron chi connectivity index (χ4n) is 3.09. The van der Waals surface area contributed by atoms with Crippen LogP contribution in [0.15, 0.2) is 42.7 Å². The van der Waals surface area contributed by atoms with E-state index in [1.807, 2.05) is 30.0 Å². The summed E-state index contributed by atoms with van der Waals surface area (Å²) in [5.74, 6) is 1.17. The minimum absolute atomic E-state index is 0.0395. The second-order valence-corrected chi connectivity index (χ2v) is 6.51. The van der Waals surface area contributed by atoms with Crippen LogP contribution < -0.4 is 0 Å². The van der Waals surface area contributed by atoms with Crippen LogP contribution in [0.1, 0.15) is 11.6 Å². The summed E-state index contributed by atoms with van der Waals surface area (Å²) in [6.07, 6.45) is 2.87. The van der Waals surface area contributed by atoms with E-state index < -0.39 is 4.92 Å². The highest BCUT2D eigenvalue weighted by Crippen LogP contribution is 2.49. The second-order valence-electron chi connectivity index (χ2n) is 5.28. The molecular weight excluding hydrogens is 288 g/mol. The highest BCUT2D eigenvalue weighted by atomic mass is 32.2. The predicted molar refractivity (Wildman–Crippen MR) is 80.2 cm³/mol. The number of aromatic nitrogens is 2. The van der Waals surface area contributed by atoms with Gasteiger partial charge in [0.1, 0.15) is 12.4 Å². The third kappa shape index (κ3) is 2.13. The van der Waals surface area contributed by atoms with Crippen LogP contribution in [0.3, 0.4) is 0 Å². The molecule has 0 saturated carbocycles. The fraction of sp³-hybridized carbons (Fsp3) is 0.357. The molecule has 2 fully saturated rings. The highest BCUT2D eigenvalue weighted by Gasteiger charge is 2.56. The molecule has 1 aromatic heterocycles. The summed E-state index contributed by atoms with van der Waals surface area (Å²) < 4.78 is 1.75. The molecule has 4 rings (SSSR count). The van der Waals surface area contributed by atoms with Crippen molar-refractivity contribution in [1.29, 1.82) is 0 Å². The van der Waals surface area contributed by atoms with Gasteiger partial charge in [-0.3, -0.25) is 19.7 Å². The molecule has 7 heteroatoms. The lowest BCUT2D eigenvalue weighted by Gasteiger charge is -2.19. The number of thioether (sulfide) groups is 1. The Balaban J connectivity index is 1.71. The Morgan fingerprint density at radius 1 is 1.38 bits per heavy atom. The minimum Gasteiger partial charge on any atom is -0.281 e. The molecule has 21 heavy (non-hydrogen) atoms. The predicted octanol–water partition coefficient (Wildman–Crippen LogP) is 2.14. The minimum atomic E-state index is -0.395. The van der Waals surface area contributed by atoms with E-state index in [1.165, 1.54) is 18.1 Å². The normalized spacial score (nSPS) is 28.1. The van der Waals surface area contributed by atoms with Crippen LogP contribution in [0.2, 0.25) is 0 Å². The Morgan fingerprint density at radius 2 is 2.19 bits per heavy atom. The van der Waals surface area contributed by atoms with Crippen molar-refractivity contribution < 1.29 is 4.92 Å². The molecule has 2 aromatic rings. The summed E-state index contributed by atoms with van der Waals surface area (Å²) in [5.41, 5.74) is 1.19. The molecule has 4 atom stereocenters. The summed E-state index contributed by atoms with van der Waals surface area (Å²) in [6.45, 7) is 1.09. The van der Waals surface area contributed by atoms with Gasteiger partial charge in [0.2, 0.25) is 0 Å². The van der Waals surface area contributed by atoms with Crippen LogP contribution in [-0.2, 0) is 0 Å². The molecule has 2 saturated heterocycles. The third-order valence-electron chi connectivity index (χ3n) is 4.10. The maximum atomic E-state index is 10.9. The van der Waals surface area contributed by atoms with Gasteiger partial charge in [0.25, 0.3) is 0 Å². The molecule has 108 valence electrons. The number of nitrogens with zero attached hydrogens (tertiary/aromatic N) is 4. The van der Waals surface area contributed by atoms with E-state index in [0.29, 0.717) is 11.4 Å². The van der Waals surface area contributed by atoms with Gasteiger partial charge in [-0.05, 0) is 5.56 Å². The van der Waals surface area contributed by atoms with Gasteiger partial charge in [-0.15, -0.1) is 11.8 Å². The lowest BCUT2D eigenvalue weighted by molar-refractivity contribution is -0.385. The summed E-state index contributed by atoms with van der Waals surface area (Å²) in [4.78, 5) is 12.9. The lowest BCUT2D eigenvalue weighted by atomic mass is 10.0. The Labute approximate surface area is 125 Å². The van der Waals surface area contributed by atoms with Crippen LogP contribution in [-0.4, -0.2) is 43.3 Å². The molecule has 6 nitrogen and oxygen atoms in total. The topological polar surface area (TPSA) is 64.0 Å². The largest absolute Gasteiger partial charge is 0.307 e. The van der Waals surface area contributed by atoms with Crippen LogP contribution in [0, 0.1) is 10.1 Å². The van der Waals surface area contributed by atoms with E-state index in [2.05, 4.69) is 22.1 Å². The van der Waals surface area contributed by atoms with Crippen LogP contribution in [0.25, 0.3) is 0 Å². The molecular formula is C14H14N4O2S. The molecule has 3 heterocycles. The zero-order chi connectivity index (χ0) is 14.4. The van der Waals surface area contributed by atoms with Crippen molar-refractivity contribution in [3.05, 3.63) is 58.4 Å². The first-order chi connectivity index (χ1) is 10.3. The Hall–Kier alpha value is -1.86. The van der Waals surface area contributed by atoms with Crippen molar-refractivity contribution in [3.8, 4) is 0 Å². The van der Waals surface area contributed by atoms with E-state index in [0.717, 1.165) is 12.1 Å². The molecule has 0 N–H and O–H groups in total. The van der Waals surface area contributed by atoms with Gasteiger partial charge in [-0.25, -0.2) is 0 Å². The van der Waals surface area contributed by atoms with E-state index in [1.54, 1.807) is 4.68 Å². The zero-order valence-electron chi connectivity index (χ0n) is 11.2. The van der Waals surface area contributed by atoms with Crippen LogP contribution >= 0.6 is 11.8 Å². The maximum absolute atomic E-state index is 10.9. The number of benzene rings is 1.